The maximum Gasteiger partial charge on any atom is 0.134 e. The van der Waals surface area contributed by atoms with Gasteiger partial charge in [-0.25, -0.2) is 0 Å². The average Bonchev–Trinajstić information content (AvgIpc) is 2.15. The van der Waals surface area contributed by atoms with Crippen molar-refractivity contribution in [2.45, 2.75) is 25.4 Å². The zero-order chi connectivity index (χ0) is 10.8. The summed E-state index contributed by atoms with van der Waals surface area (Å²) in [6.45, 7) is 0.627. The lowest BCUT2D eigenvalue weighted by atomic mass is 9.79. The molecule has 0 atom stereocenters. The predicted molar refractivity (Wildman–Crippen MR) is 61.8 cm³/mol. The third kappa shape index (κ3) is 2.29. The molecule has 2 rings (SSSR count). The highest BCUT2D eigenvalue weighted by molar-refractivity contribution is 9.10. The quantitative estimate of drug-likeness (QED) is 0.843. The zero-order valence-electron chi connectivity index (χ0n) is 8.63. The average molecular weight is 269 g/mol. The third-order valence-electron chi connectivity index (χ3n) is 2.76. The van der Waals surface area contributed by atoms with E-state index >= 15 is 0 Å². The Labute approximate surface area is 97.8 Å². The molecule has 1 aromatic carbocycles. The standard InChI is InChI=1S/C12H13BrO2/c1-15-7-8-2-3-11(12(13)4-8)9-5-10(14)6-9/h2-4,9H,5-7H2,1H3. The zero-order valence-corrected chi connectivity index (χ0v) is 10.2. The highest BCUT2D eigenvalue weighted by Crippen LogP contribution is 2.37. The Kier molecular flexibility index (Phi) is 3.22. The molecule has 1 aliphatic rings. The number of hydrogen-bond acceptors (Lipinski definition) is 2. The number of rotatable bonds is 3. The number of carbonyl (C=O) groups excluding carboxylic acids is 1. The van der Waals surface area contributed by atoms with Crippen LogP contribution in [0.15, 0.2) is 22.7 Å². The molecule has 0 bridgehead atoms. The van der Waals surface area contributed by atoms with Crippen LogP contribution in [0, 0.1) is 0 Å². The minimum Gasteiger partial charge on any atom is -0.380 e. The van der Waals surface area contributed by atoms with E-state index in [9.17, 15) is 4.79 Å². The van der Waals surface area contributed by atoms with E-state index in [4.69, 9.17) is 4.74 Å². The third-order valence-corrected chi connectivity index (χ3v) is 3.45. The topological polar surface area (TPSA) is 26.3 Å². The van der Waals surface area contributed by atoms with Crippen LogP contribution in [-0.2, 0) is 16.1 Å². The predicted octanol–water partition coefficient (Wildman–Crippen LogP) is 3.04. The normalized spacial score (nSPS) is 16.5. The van der Waals surface area contributed by atoms with Gasteiger partial charge in [-0.15, -0.1) is 0 Å². The van der Waals surface area contributed by atoms with E-state index in [1.165, 1.54) is 5.56 Å². The first-order chi connectivity index (χ1) is 7.20. The van der Waals surface area contributed by atoms with Crippen LogP contribution in [0.25, 0.3) is 0 Å². The molecule has 0 aliphatic heterocycles. The van der Waals surface area contributed by atoms with Gasteiger partial charge >= 0.3 is 0 Å². The molecule has 0 heterocycles. The van der Waals surface area contributed by atoms with Crippen molar-refractivity contribution in [3.63, 3.8) is 0 Å². The molecule has 0 N–H and O–H groups in total. The number of carbonyl (C=O) groups is 1. The van der Waals surface area contributed by atoms with Crippen molar-refractivity contribution in [1.82, 2.24) is 0 Å². The van der Waals surface area contributed by atoms with Gasteiger partial charge in [0.1, 0.15) is 5.78 Å². The number of ether oxygens (including phenoxy) is 1. The summed E-state index contributed by atoms with van der Waals surface area (Å²) in [7, 11) is 1.69. The molecular weight excluding hydrogens is 256 g/mol. The van der Waals surface area contributed by atoms with Crippen LogP contribution in [0.2, 0.25) is 0 Å². The van der Waals surface area contributed by atoms with Crippen LogP contribution in [-0.4, -0.2) is 12.9 Å². The van der Waals surface area contributed by atoms with E-state index < -0.39 is 0 Å². The van der Waals surface area contributed by atoms with Crippen LogP contribution in [0.3, 0.4) is 0 Å². The van der Waals surface area contributed by atoms with Crippen LogP contribution in [0.5, 0.6) is 0 Å². The molecule has 1 saturated carbocycles. The second-order valence-corrected chi connectivity index (χ2v) is 4.79. The van der Waals surface area contributed by atoms with Crippen LogP contribution >= 0.6 is 15.9 Å². The molecule has 0 radical (unpaired) electrons. The van der Waals surface area contributed by atoms with Gasteiger partial charge in [0.05, 0.1) is 6.61 Å². The highest BCUT2D eigenvalue weighted by Gasteiger charge is 2.29. The molecule has 1 fully saturated rings. The largest absolute Gasteiger partial charge is 0.380 e. The first-order valence-electron chi connectivity index (χ1n) is 4.99. The second-order valence-electron chi connectivity index (χ2n) is 3.93. The van der Waals surface area contributed by atoms with E-state index in [1.807, 2.05) is 0 Å². The number of Topliss-reactive ketones (excluding diaryl/α,β-unsaturated/α-hetero) is 1. The lowest BCUT2D eigenvalue weighted by Gasteiger charge is -2.25. The van der Waals surface area contributed by atoms with Crippen molar-refractivity contribution in [2.24, 2.45) is 0 Å². The molecule has 1 aromatic rings. The Morgan fingerprint density at radius 2 is 2.20 bits per heavy atom. The fourth-order valence-corrected chi connectivity index (χ4v) is 2.62. The van der Waals surface area contributed by atoms with Gasteiger partial charge < -0.3 is 4.74 Å². The fraction of sp³-hybridized carbons (Fsp3) is 0.417. The van der Waals surface area contributed by atoms with E-state index in [2.05, 4.69) is 34.1 Å². The summed E-state index contributed by atoms with van der Waals surface area (Å²) in [5.74, 6) is 0.788. The SMILES string of the molecule is COCc1ccc(C2CC(=O)C2)c(Br)c1. The molecule has 80 valence electrons. The number of methoxy groups -OCH3 is 1. The molecule has 2 nitrogen and oxygen atoms in total. The number of benzene rings is 1. The molecule has 15 heavy (non-hydrogen) atoms. The molecule has 0 spiro atoms. The van der Waals surface area contributed by atoms with Crippen molar-refractivity contribution in [1.29, 1.82) is 0 Å². The van der Waals surface area contributed by atoms with Gasteiger partial charge in [-0.2, -0.15) is 0 Å². The lowest BCUT2D eigenvalue weighted by molar-refractivity contribution is -0.124. The van der Waals surface area contributed by atoms with Gasteiger partial charge in [0, 0.05) is 24.4 Å². The van der Waals surface area contributed by atoms with Gasteiger partial charge in [0.15, 0.2) is 0 Å². The van der Waals surface area contributed by atoms with Crippen molar-refractivity contribution in [3.05, 3.63) is 33.8 Å². The van der Waals surface area contributed by atoms with Crippen molar-refractivity contribution in [2.75, 3.05) is 7.11 Å². The molecule has 3 heteroatoms. The monoisotopic (exact) mass is 268 g/mol. The van der Waals surface area contributed by atoms with E-state index in [-0.39, 0.29) is 0 Å². The van der Waals surface area contributed by atoms with Crippen molar-refractivity contribution >= 4 is 21.7 Å². The maximum absolute atomic E-state index is 10.9. The molecular formula is C12H13BrO2. The summed E-state index contributed by atoms with van der Waals surface area (Å²) in [5, 5.41) is 0. The van der Waals surface area contributed by atoms with Crippen molar-refractivity contribution in [3.8, 4) is 0 Å². The summed E-state index contributed by atoms with van der Waals surface area (Å²) < 4.78 is 6.16. The van der Waals surface area contributed by atoms with Gasteiger partial charge in [-0.3, -0.25) is 4.79 Å². The van der Waals surface area contributed by atoms with Gasteiger partial charge in [0.25, 0.3) is 0 Å². The first-order valence-corrected chi connectivity index (χ1v) is 5.79. The Morgan fingerprint density at radius 1 is 1.47 bits per heavy atom. The smallest absolute Gasteiger partial charge is 0.134 e. The Bertz CT molecular complexity index is 379. The molecule has 0 amide bonds. The lowest BCUT2D eigenvalue weighted by Crippen LogP contribution is -2.21. The van der Waals surface area contributed by atoms with Crippen LogP contribution in [0.1, 0.15) is 29.9 Å². The fourth-order valence-electron chi connectivity index (χ4n) is 1.87. The Hall–Kier alpha value is -0.670. The van der Waals surface area contributed by atoms with Crippen LogP contribution in [0.4, 0.5) is 0 Å². The second kappa shape index (κ2) is 4.45. The summed E-state index contributed by atoms with van der Waals surface area (Å²) in [4.78, 5) is 10.9. The molecule has 1 aliphatic carbocycles. The molecule has 0 unspecified atom stereocenters. The van der Waals surface area contributed by atoms with Gasteiger partial charge in [-0.05, 0) is 23.1 Å². The van der Waals surface area contributed by atoms with Crippen molar-refractivity contribution < 1.29 is 9.53 Å². The summed E-state index contributed by atoms with van der Waals surface area (Å²) in [6, 6.07) is 6.23. The van der Waals surface area contributed by atoms with Crippen LogP contribution < -0.4 is 0 Å². The van der Waals surface area contributed by atoms with E-state index in [0.29, 0.717) is 31.1 Å². The van der Waals surface area contributed by atoms with E-state index in [1.54, 1.807) is 7.11 Å². The summed E-state index contributed by atoms with van der Waals surface area (Å²) in [6.07, 6.45) is 1.39. The Morgan fingerprint density at radius 3 is 2.73 bits per heavy atom. The number of halogens is 1. The number of hydrogen-bond donors (Lipinski definition) is 0. The maximum atomic E-state index is 10.9. The first kappa shape index (κ1) is 10.8. The highest BCUT2D eigenvalue weighted by atomic mass is 79.9. The van der Waals surface area contributed by atoms with E-state index in [0.717, 1.165) is 10.0 Å². The summed E-state index contributed by atoms with van der Waals surface area (Å²) >= 11 is 3.55. The Balaban J connectivity index is 2.16. The van der Waals surface area contributed by atoms with Gasteiger partial charge in [0.2, 0.25) is 0 Å². The van der Waals surface area contributed by atoms with Gasteiger partial charge in [-0.1, -0.05) is 28.1 Å². The minimum atomic E-state index is 0.368. The summed E-state index contributed by atoms with van der Waals surface area (Å²) in [5.41, 5.74) is 2.40. The minimum absolute atomic E-state index is 0.368. The molecule has 0 saturated heterocycles. The number of ketones is 1. The molecule has 0 aromatic heterocycles.